The molecule has 3 aromatic carbocycles. The van der Waals surface area contributed by atoms with Gasteiger partial charge < -0.3 is 14.8 Å². The molecule has 0 unspecified atom stereocenters. The topological polar surface area (TPSA) is 102 Å². The van der Waals surface area contributed by atoms with Gasteiger partial charge in [-0.3, -0.25) is 9.59 Å². The zero-order valence-electron chi connectivity index (χ0n) is 17.6. The van der Waals surface area contributed by atoms with Gasteiger partial charge in [-0.05, 0) is 73.5 Å². The number of halogens is 1. The third kappa shape index (κ3) is 5.12. The predicted molar refractivity (Wildman–Crippen MR) is 118 cm³/mol. The van der Waals surface area contributed by atoms with Crippen molar-refractivity contribution in [3.8, 4) is 5.75 Å². The summed E-state index contributed by atoms with van der Waals surface area (Å²) in [6.07, 6.45) is 0. The van der Waals surface area contributed by atoms with Crippen molar-refractivity contribution in [3.05, 3.63) is 88.7 Å². The van der Waals surface area contributed by atoms with E-state index in [9.17, 15) is 22.4 Å². The second-order valence-corrected chi connectivity index (χ2v) is 8.57. The molecule has 2 amide bonds. The molecular weight excluding hydrogens is 435 g/mol. The smallest absolute Gasteiger partial charge is 0.339 e. The van der Waals surface area contributed by atoms with Gasteiger partial charge in [0.1, 0.15) is 16.5 Å². The lowest BCUT2D eigenvalue weighted by Gasteiger charge is -2.11. The number of amides is 2. The van der Waals surface area contributed by atoms with Gasteiger partial charge >= 0.3 is 10.1 Å². The molecule has 0 atom stereocenters. The molecule has 3 aromatic rings. The molecule has 0 fully saturated rings. The zero-order chi connectivity index (χ0) is 23.5. The van der Waals surface area contributed by atoms with Crippen molar-refractivity contribution in [2.75, 3.05) is 12.4 Å². The molecule has 0 saturated carbocycles. The number of hydrogen-bond donors (Lipinski definition) is 2. The first-order valence-corrected chi connectivity index (χ1v) is 11.0. The first-order chi connectivity index (χ1) is 15.1. The van der Waals surface area contributed by atoms with Crippen LogP contribution in [-0.2, 0) is 10.1 Å². The predicted octanol–water partition coefficient (Wildman–Crippen LogP) is 3.82. The van der Waals surface area contributed by atoms with Crippen LogP contribution in [0.15, 0.2) is 65.6 Å². The highest BCUT2D eigenvalue weighted by Crippen LogP contribution is 2.23. The van der Waals surface area contributed by atoms with Crippen molar-refractivity contribution in [3.63, 3.8) is 0 Å². The Kier molecular flexibility index (Phi) is 6.59. The molecule has 166 valence electrons. The maximum atomic E-state index is 13.8. The summed E-state index contributed by atoms with van der Waals surface area (Å²) in [5, 5.41) is 4.89. The van der Waals surface area contributed by atoms with Crippen LogP contribution in [0.25, 0.3) is 0 Å². The Bertz CT molecular complexity index is 1290. The highest BCUT2D eigenvalue weighted by atomic mass is 32.2. The first-order valence-electron chi connectivity index (χ1n) is 9.55. The van der Waals surface area contributed by atoms with Gasteiger partial charge in [-0.15, -0.1) is 0 Å². The summed E-state index contributed by atoms with van der Waals surface area (Å²) in [6.45, 7) is 3.46. The zero-order valence-corrected chi connectivity index (χ0v) is 18.4. The number of rotatable bonds is 6. The molecule has 9 heteroatoms. The summed E-state index contributed by atoms with van der Waals surface area (Å²) in [4.78, 5) is 24.3. The molecule has 0 aliphatic carbocycles. The van der Waals surface area contributed by atoms with Crippen LogP contribution in [0.5, 0.6) is 5.75 Å². The van der Waals surface area contributed by atoms with Gasteiger partial charge in [0.25, 0.3) is 11.8 Å². The summed E-state index contributed by atoms with van der Waals surface area (Å²) in [6, 6.07) is 14.2. The minimum Gasteiger partial charge on any atom is -0.379 e. The molecule has 2 N–H and O–H groups in total. The lowest BCUT2D eigenvalue weighted by molar-refractivity contribution is 0.0957. The van der Waals surface area contributed by atoms with E-state index < -0.39 is 27.7 Å². The average molecular weight is 456 g/mol. The van der Waals surface area contributed by atoms with Gasteiger partial charge in [0.15, 0.2) is 0 Å². The molecule has 3 rings (SSSR count). The van der Waals surface area contributed by atoms with Gasteiger partial charge in [-0.1, -0.05) is 12.1 Å². The van der Waals surface area contributed by atoms with Crippen LogP contribution in [-0.4, -0.2) is 27.3 Å². The van der Waals surface area contributed by atoms with Crippen LogP contribution < -0.4 is 14.8 Å². The van der Waals surface area contributed by atoms with Gasteiger partial charge in [-0.25, -0.2) is 4.39 Å². The lowest BCUT2D eigenvalue weighted by Crippen LogP contribution is -2.20. The van der Waals surface area contributed by atoms with Crippen LogP contribution in [0, 0.1) is 19.7 Å². The maximum Gasteiger partial charge on any atom is 0.339 e. The second kappa shape index (κ2) is 9.19. The van der Waals surface area contributed by atoms with E-state index in [0.717, 1.165) is 11.6 Å². The quantitative estimate of drug-likeness (QED) is 0.549. The number of hydrogen-bond acceptors (Lipinski definition) is 5. The van der Waals surface area contributed by atoms with Gasteiger partial charge in [0, 0.05) is 18.3 Å². The number of carbonyl (C=O) groups is 2. The van der Waals surface area contributed by atoms with Crippen LogP contribution >= 0.6 is 0 Å². The molecule has 0 bridgehead atoms. The average Bonchev–Trinajstić information content (AvgIpc) is 2.76. The summed E-state index contributed by atoms with van der Waals surface area (Å²) in [7, 11) is -2.67. The van der Waals surface area contributed by atoms with E-state index >= 15 is 0 Å². The van der Waals surface area contributed by atoms with E-state index in [4.69, 9.17) is 4.18 Å². The van der Waals surface area contributed by atoms with E-state index in [0.29, 0.717) is 5.56 Å². The van der Waals surface area contributed by atoms with Gasteiger partial charge in [0.05, 0.1) is 5.56 Å². The molecule has 0 aromatic heterocycles. The van der Waals surface area contributed by atoms with Crippen LogP contribution in [0.3, 0.4) is 0 Å². The van der Waals surface area contributed by atoms with Crippen molar-refractivity contribution in [1.82, 2.24) is 5.32 Å². The fourth-order valence-corrected chi connectivity index (χ4v) is 4.17. The summed E-state index contributed by atoms with van der Waals surface area (Å²) >= 11 is 0. The van der Waals surface area contributed by atoms with Crippen molar-refractivity contribution in [2.45, 2.75) is 18.7 Å². The van der Waals surface area contributed by atoms with Crippen molar-refractivity contribution in [1.29, 1.82) is 0 Å². The van der Waals surface area contributed by atoms with Crippen LogP contribution in [0.4, 0.5) is 10.1 Å². The normalized spacial score (nSPS) is 11.0. The Balaban J connectivity index is 1.75. The Morgan fingerprint density at radius 1 is 0.906 bits per heavy atom. The molecule has 0 aliphatic heterocycles. The minimum atomic E-state index is -4.04. The largest absolute Gasteiger partial charge is 0.379 e. The minimum absolute atomic E-state index is 0.0474. The van der Waals surface area contributed by atoms with E-state index in [1.807, 2.05) is 0 Å². The summed E-state index contributed by atoms with van der Waals surface area (Å²) < 4.78 is 44.2. The Hall–Kier alpha value is -3.72. The van der Waals surface area contributed by atoms with Crippen molar-refractivity contribution >= 4 is 27.6 Å². The lowest BCUT2D eigenvalue weighted by atomic mass is 10.1. The Labute approximate surface area is 185 Å². The third-order valence-corrected chi connectivity index (χ3v) is 6.02. The summed E-state index contributed by atoms with van der Waals surface area (Å²) in [5.41, 5.74) is 1.58. The standard InChI is InChI=1S/C23H21FN2O5S/c1-14-4-5-15(2)21(12-14)32(29,30)31-18-9-6-16(7-10-18)22(27)26-17-8-11-20(24)19(13-17)23(28)25-3/h4-13H,1-3H3,(H,25,28)(H,26,27). The van der Waals surface area contributed by atoms with Crippen molar-refractivity contribution < 1.29 is 26.6 Å². The molecular formula is C23H21FN2O5S. The number of nitrogens with one attached hydrogen (secondary N) is 2. The molecule has 0 saturated heterocycles. The monoisotopic (exact) mass is 456 g/mol. The van der Waals surface area contributed by atoms with E-state index in [1.165, 1.54) is 49.5 Å². The number of carbonyl (C=O) groups excluding carboxylic acids is 2. The third-order valence-electron chi connectivity index (χ3n) is 4.63. The molecule has 32 heavy (non-hydrogen) atoms. The van der Waals surface area contributed by atoms with Gasteiger partial charge in [-0.2, -0.15) is 8.42 Å². The molecule has 0 spiro atoms. The number of aryl methyl sites for hydroxylation is 2. The fourth-order valence-electron chi connectivity index (χ4n) is 2.93. The first kappa shape index (κ1) is 23.0. The highest BCUT2D eigenvalue weighted by molar-refractivity contribution is 7.87. The fraction of sp³-hybridized carbons (Fsp3) is 0.130. The second-order valence-electron chi connectivity index (χ2n) is 7.06. The van der Waals surface area contributed by atoms with Crippen LogP contribution in [0.1, 0.15) is 31.8 Å². The molecule has 0 heterocycles. The van der Waals surface area contributed by atoms with Crippen LogP contribution in [0.2, 0.25) is 0 Å². The van der Waals surface area contributed by atoms with E-state index in [2.05, 4.69) is 10.6 Å². The van der Waals surface area contributed by atoms with E-state index in [-0.39, 0.29) is 27.5 Å². The maximum absolute atomic E-state index is 13.8. The molecule has 7 nitrogen and oxygen atoms in total. The number of benzene rings is 3. The molecule has 0 aliphatic rings. The van der Waals surface area contributed by atoms with Crippen molar-refractivity contribution in [2.24, 2.45) is 0 Å². The van der Waals surface area contributed by atoms with Gasteiger partial charge in [0.2, 0.25) is 0 Å². The highest BCUT2D eigenvalue weighted by Gasteiger charge is 2.20. The van der Waals surface area contributed by atoms with E-state index in [1.54, 1.807) is 26.0 Å². The SMILES string of the molecule is CNC(=O)c1cc(NC(=O)c2ccc(OS(=O)(=O)c3cc(C)ccc3C)cc2)ccc1F. The molecule has 0 radical (unpaired) electrons. The number of anilines is 1. The summed E-state index contributed by atoms with van der Waals surface area (Å²) in [5.74, 6) is -1.81. The Morgan fingerprint density at radius 3 is 2.25 bits per heavy atom. The Morgan fingerprint density at radius 2 is 1.59 bits per heavy atom.